The van der Waals surface area contributed by atoms with Crippen LogP contribution in [0.4, 0.5) is 5.69 Å². The highest BCUT2D eigenvalue weighted by atomic mass is 16.3. The van der Waals surface area contributed by atoms with Gasteiger partial charge in [0.05, 0.1) is 0 Å². The molecule has 0 aliphatic carbocycles. The zero-order valence-corrected chi connectivity index (χ0v) is 9.60. The fourth-order valence-electron chi connectivity index (χ4n) is 2.50. The SMILES string of the molecule is NCCC1CN(CCCO)c2ccccc21. The minimum Gasteiger partial charge on any atom is -0.396 e. The molecule has 0 saturated carbocycles. The van der Waals surface area contributed by atoms with Crippen molar-refractivity contribution in [3.63, 3.8) is 0 Å². The molecule has 0 amide bonds. The molecule has 1 aromatic carbocycles. The van der Waals surface area contributed by atoms with Crippen molar-refractivity contribution in [2.24, 2.45) is 5.73 Å². The third-order valence-corrected chi connectivity index (χ3v) is 3.26. The van der Waals surface area contributed by atoms with E-state index in [0.717, 1.165) is 32.5 Å². The summed E-state index contributed by atoms with van der Waals surface area (Å²) in [6.07, 6.45) is 1.89. The van der Waals surface area contributed by atoms with Crippen LogP contribution in [0.2, 0.25) is 0 Å². The standard InChI is InChI=1S/C13H20N2O/c14-7-6-11-10-15(8-3-9-16)13-5-2-1-4-12(11)13/h1-2,4-5,11,16H,3,6-10,14H2. The lowest BCUT2D eigenvalue weighted by atomic mass is 9.98. The number of hydrogen-bond acceptors (Lipinski definition) is 3. The zero-order chi connectivity index (χ0) is 11.4. The van der Waals surface area contributed by atoms with E-state index in [1.165, 1.54) is 11.3 Å². The van der Waals surface area contributed by atoms with Crippen molar-refractivity contribution in [2.45, 2.75) is 18.8 Å². The summed E-state index contributed by atoms with van der Waals surface area (Å²) in [4.78, 5) is 2.37. The number of nitrogens with zero attached hydrogens (tertiary/aromatic N) is 1. The van der Waals surface area contributed by atoms with Crippen molar-refractivity contribution in [3.8, 4) is 0 Å². The Kier molecular flexibility index (Phi) is 3.80. The van der Waals surface area contributed by atoms with Crippen molar-refractivity contribution in [2.75, 3.05) is 31.1 Å². The van der Waals surface area contributed by atoms with Gasteiger partial charge in [0.1, 0.15) is 0 Å². The molecule has 0 bridgehead atoms. The van der Waals surface area contributed by atoms with Crippen molar-refractivity contribution < 1.29 is 5.11 Å². The van der Waals surface area contributed by atoms with Gasteiger partial charge >= 0.3 is 0 Å². The van der Waals surface area contributed by atoms with E-state index in [4.69, 9.17) is 10.8 Å². The van der Waals surface area contributed by atoms with Gasteiger partial charge < -0.3 is 15.7 Å². The first kappa shape index (κ1) is 11.4. The fraction of sp³-hybridized carbons (Fsp3) is 0.538. The Morgan fingerprint density at radius 1 is 1.38 bits per heavy atom. The first-order valence-corrected chi connectivity index (χ1v) is 6.01. The molecule has 1 aromatic rings. The van der Waals surface area contributed by atoms with Crippen LogP contribution in [-0.2, 0) is 0 Å². The average Bonchev–Trinajstić information content (AvgIpc) is 2.66. The van der Waals surface area contributed by atoms with Crippen LogP contribution in [0.25, 0.3) is 0 Å². The third-order valence-electron chi connectivity index (χ3n) is 3.26. The summed E-state index contributed by atoms with van der Waals surface area (Å²) in [5, 5.41) is 8.90. The lowest BCUT2D eigenvalue weighted by Crippen LogP contribution is -2.24. The van der Waals surface area contributed by atoms with Crippen molar-refractivity contribution in [1.29, 1.82) is 0 Å². The van der Waals surface area contributed by atoms with Gasteiger partial charge in [0.25, 0.3) is 0 Å². The number of para-hydroxylation sites is 1. The molecule has 3 N–H and O–H groups in total. The van der Waals surface area contributed by atoms with Crippen molar-refractivity contribution in [1.82, 2.24) is 0 Å². The molecule has 16 heavy (non-hydrogen) atoms. The minimum atomic E-state index is 0.264. The number of nitrogens with two attached hydrogens (primary N) is 1. The minimum absolute atomic E-state index is 0.264. The van der Waals surface area contributed by atoms with Crippen LogP contribution in [-0.4, -0.2) is 31.3 Å². The van der Waals surface area contributed by atoms with Gasteiger partial charge in [-0.1, -0.05) is 18.2 Å². The highest BCUT2D eigenvalue weighted by Crippen LogP contribution is 2.37. The molecule has 0 radical (unpaired) electrons. The predicted molar refractivity (Wildman–Crippen MR) is 66.8 cm³/mol. The van der Waals surface area contributed by atoms with E-state index in [2.05, 4.69) is 29.2 Å². The Bertz CT molecular complexity index is 340. The second kappa shape index (κ2) is 5.32. The van der Waals surface area contributed by atoms with Crippen molar-refractivity contribution >= 4 is 5.69 Å². The second-order valence-electron chi connectivity index (χ2n) is 4.36. The molecule has 1 aliphatic rings. The number of fused-ring (bicyclic) bond motifs is 1. The van der Waals surface area contributed by atoms with Gasteiger partial charge in [0, 0.05) is 31.3 Å². The normalized spacial score (nSPS) is 18.9. The Hall–Kier alpha value is -1.06. The molecule has 3 nitrogen and oxygen atoms in total. The molecule has 3 heteroatoms. The molecule has 0 fully saturated rings. The lowest BCUT2D eigenvalue weighted by Gasteiger charge is -2.19. The maximum absolute atomic E-state index is 8.90. The summed E-state index contributed by atoms with van der Waals surface area (Å²) in [6, 6.07) is 8.55. The molecular formula is C13H20N2O. The van der Waals surface area contributed by atoms with Gasteiger partial charge in [-0.25, -0.2) is 0 Å². The molecule has 0 saturated heterocycles. The van der Waals surface area contributed by atoms with E-state index in [0.29, 0.717) is 5.92 Å². The van der Waals surface area contributed by atoms with Gasteiger partial charge in [0.2, 0.25) is 0 Å². The number of hydrogen-bond donors (Lipinski definition) is 2. The van der Waals surface area contributed by atoms with Gasteiger partial charge in [-0.15, -0.1) is 0 Å². The smallest absolute Gasteiger partial charge is 0.0447 e. The van der Waals surface area contributed by atoms with Crippen LogP contribution in [0.15, 0.2) is 24.3 Å². The number of aliphatic hydroxyl groups excluding tert-OH is 1. The molecule has 1 aliphatic heterocycles. The third kappa shape index (κ3) is 2.20. The molecule has 1 unspecified atom stereocenters. The Morgan fingerprint density at radius 2 is 2.19 bits per heavy atom. The molecular weight excluding hydrogens is 200 g/mol. The Morgan fingerprint density at radius 3 is 2.94 bits per heavy atom. The largest absolute Gasteiger partial charge is 0.396 e. The van der Waals surface area contributed by atoms with Gasteiger partial charge in [-0.2, -0.15) is 0 Å². The van der Waals surface area contributed by atoms with Gasteiger partial charge in [-0.05, 0) is 31.0 Å². The molecule has 0 aromatic heterocycles. The van der Waals surface area contributed by atoms with E-state index in [9.17, 15) is 0 Å². The number of benzene rings is 1. The van der Waals surface area contributed by atoms with Crippen LogP contribution in [0.3, 0.4) is 0 Å². The highest BCUT2D eigenvalue weighted by molar-refractivity contribution is 5.60. The summed E-state index contributed by atoms with van der Waals surface area (Å²) in [5.74, 6) is 0.569. The maximum Gasteiger partial charge on any atom is 0.0447 e. The van der Waals surface area contributed by atoms with Crippen LogP contribution < -0.4 is 10.6 Å². The van der Waals surface area contributed by atoms with Crippen LogP contribution in [0, 0.1) is 0 Å². The Labute approximate surface area is 96.9 Å². The van der Waals surface area contributed by atoms with Crippen molar-refractivity contribution in [3.05, 3.63) is 29.8 Å². The van der Waals surface area contributed by atoms with Gasteiger partial charge in [0.15, 0.2) is 0 Å². The van der Waals surface area contributed by atoms with Gasteiger partial charge in [-0.3, -0.25) is 0 Å². The summed E-state index contributed by atoms with van der Waals surface area (Å²) in [7, 11) is 0. The first-order chi connectivity index (χ1) is 7.86. The summed E-state index contributed by atoms with van der Waals surface area (Å²) in [5.41, 5.74) is 8.40. The summed E-state index contributed by atoms with van der Waals surface area (Å²) < 4.78 is 0. The number of rotatable bonds is 5. The molecule has 0 spiro atoms. The van der Waals surface area contributed by atoms with E-state index < -0.39 is 0 Å². The summed E-state index contributed by atoms with van der Waals surface area (Å²) >= 11 is 0. The number of aliphatic hydroxyl groups is 1. The monoisotopic (exact) mass is 220 g/mol. The molecule has 1 atom stereocenters. The second-order valence-corrected chi connectivity index (χ2v) is 4.36. The van der Waals surface area contributed by atoms with E-state index in [1.807, 2.05) is 0 Å². The quantitative estimate of drug-likeness (QED) is 0.787. The maximum atomic E-state index is 8.90. The Balaban J connectivity index is 2.14. The molecule has 2 rings (SSSR count). The van der Waals surface area contributed by atoms with Crippen LogP contribution in [0.1, 0.15) is 24.3 Å². The fourth-order valence-corrected chi connectivity index (χ4v) is 2.50. The van der Waals surface area contributed by atoms with E-state index in [1.54, 1.807) is 0 Å². The molecule has 88 valence electrons. The highest BCUT2D eigenvalue weighted by Gasteiger charge is 2.26. The predicted octanol–water partition coefficient (Wildman–Crippen LogP) is 1.32. The van der Waals surface area contributed by atoms with E-state index in [-0.39, 0.29) is 6.61 Å². The topological polar surface area (TPSA) is 49.5 Å². The zero-order valence-electron chi connectivity index (χ0n) is 9.60. The van der Waals surface area contributed by atoms with Crippen LogP contribution >= 0.6 is 0 Å². The van der Waals surface area contributed by atoms with E-state index >= 15 is 0 Å². The summed E-state index contributed by atoms with van der Waals surface area (Å²) in [6.45, 7) is 3.00. The average molecular weight is 220 g/mol. The number of anilines is 1. The molecule has 1 heterocycles. The van der Waals surface area contributed by atoms with Crippen LogP contribution in [0.5, 0.6) is 0 Å². The first-order valence-electron chi connectivity index (χ1n) is 6.01. The lowest BCUT2D eigenvalue weighted by molar-refractivity contribution is 0.289.